The highest BCUT2D eigenvalue weighted by Crippen LogP contribution is 2.18. The molecule has 6 nitrogen and oxygen atoms in total. The Morgan fingerprint density at radius 1 is 1.50 bits per heavy atom. The van der Waals surface area contributed by atoms with Crippen molar-refractivity contribution < 1.29 is 12.8 Å². The third kappa shape index (κ3) is 4.75. The van der Waals surface area contributed by atoms with Crippen LogP contribution in [0.25, 0.3) is 0 Å². The predicted octanol–water partition coefficient (Wildman–Crippen LogP) is 0.545. The fourth-order valence-corrected chi connectivity index (χ4v) is 2.59. The summed E-state index contributed by atoms with van der Waals surface area (Å²) in [5, 5.41) is 3.28. The van der Waals surface area contributed by atoms with E-state index in [1.807, 2.05) is 0 Å². The molecule has 1 aliphatic carbocycles. The maximum Gasteiger partial charge on any atom is 0.212 e. The number of hydrogen-bond acceptors (Lipinski definition) is 5. The monoisotopic (exact) mass is 273 g/mol. The molecule has 2 rings (SSSR count). The van der Waals surface area contributed by atoms with Gasteiger partial charge in [-0.25, -0.2) is 18.1 Å². The second-order valence-corrected chi connectivity index (χ2v) is 6.51. The third-order valence-corrected chi connectivity index (χ3v) is 4.12. The minimum Gasteiger partial charge on any atom is -0.445 e. The first kappa shape index (κ1) is 13.5. The number of nitrogens with zero attached hydrogens (tertiary/aromatic N) is 1. The molecule has 0 radical (unpaired) electrons. The van der Waals surface area contributed by atoms with Gasteiger partial charge in [0.25, 0.3) is 0 Å². The summed E-state index contributed by atoms with van der Waals surface area (Å²) >= 11 is 0. The lowest BCUT2D eigenvalue weighted by molar-refractivity contribution is 0.463. The van der Waals surface area contributed by atoms with Gasteiger partial charge in [-0.1, -0.05) is 0 Å². The molecule has 1 saturated carbocycles. The summed E-state index contributed by atoms with van der Waals surface area (Å²) in [5.74, 6) is 1.21. The SMILES string of the molecule is Cc1cnc(CNS(=O)(=O)CCCNC2CC2)o1. The van der Waals surface area contributed by atoms with E-state index in [0.29, 0.717) is 24.1 Å². The fraction of sp³-hybridized carbons (Fsp3) is 0.727. The number of oxazole rings is 1. The maximum atomic E-state index is 11.7. The quantitative estimate of drug-likeness (QED) is 0.676. The Bertz CT molecular complexity index is 479. The van der Waals surface area contributed by atoms with E-state index in [-0.39, 0.29) is 12.3 Å². The van der Waals surface area contributed by atoms with Crippen molar-refractivity contribution in [2.75, 3.05) is 12.3 Å². The molecule has 1 fully saturated rings. The summed E-state index contributed by atoms with van der Waals surface area (Å²) in [7, 11) is -3.24. The van der Waals surface area contributed by atoms with Gasteiger partial charge < -0.3 is 9.73 Å². The molecule has 0 saturated heterocycles. The van der Waals surface area contributed by atoms with Gasteiger partial charge in [0.05, 0.1) is 18.5 Å². The minimum absolute atomic E-state index is 0.117. The smallest absolute Gasteiger partial charge is 0.212 e. The Kier molecular flexibility index (Phi) is 4.36. The van der Waals surface area contributed by atoms with Gasteiger partial charge in [-0.3, -0.25) is 0 Å². The van der Waals surface area contributed by atoms with Crippen LogP contribution in [0.5, 0.6) is 0 Å². The van der Waals surface area contributed by atoms with Crippen molar-refractivity contribution in [3.8, 4) is 0 Å². The van der Waals surface area contributed by atoms with E-state index < -0.39 is 10.0 Å². The molecular formula is C11H19N3O3S. The molecule has 1 aliphatic rings. The Hall–Kier alpha value is -0.920. The predicted molar refractivity (Wildman–Crippen MR) is 67.5 cm³/mol. The molecule has 0 unspecified atom stereocenters. The van der Waals surface area contributed by atoms with Crippen LogP contribution in [-0.4, -0.2) is 31.7 Å². The standard InChI is InChI=1S/C11H19N3O3S/c1-9-7-13-11(17-9)8-14-18(15,16)6-2-5-12-10-3-4-10/h7,10,12,14H,2-6,8H2,1H3. The number of nitrogens with one attached hydrogen (secondary N) is 2. The first-order valence-corrected chi connectivity index (χ1v) is 7.82. The average molecular weight is 273 g/mol. The van der Waals surface area contributed by atoms with Crippen LogP contribution in [0.2, 0.25) is 0 Å². The van der Waals surface area contributed by atoms with Crippen molar-refractivity contribution in [2.24, 2.45) is 0 Å². The second kappa shape index (κ2) is 5.81. The van der Waals surface area contributed by atoms with Gasteiger partial charge in [0.2, 0.25) is 15.9 Å². The number of aromatic nitrogens is 1. The summed E-state index contributed by atoms with van der Waals surface area (Å²) in [6.45, 7) is 2.64. The number of rotatable bonds is 8. The van der Waals surface area contributed by atoms with Crippen LogP contribution in [-0.2, 0) is 16.6 Å². The zero-order chi connectivity index (χ0) is 13.0. The van der Waals surface area contributed by atoms with Crippen LogP contribution >= 0.6 is 0 Å². The molecule has 1 heterocycles. The topological polar surface area (TPSA) is 84.2 Å². The normalized spacial score (nSPS) is 16.1. The van der Waals surface area contributed by atoms with E-state index >= 15 is 0 Å². The van der Waals surface area contributed by atoms with Crippen LogP contribution < -0.4 is 10.0 Å². The van der Waals surface area contributed by atoms with Crippen molar-refractivity contribution in [3.63, 3.8) is 0 Å². The molecule has 7 heteroatoms. The molecule has 18 heavy (non-hydrogen) atoms. The number of sulfonamides is 1. The van der Waals surface area contributed by atoms with E-state index in [1.165, 1.54) is 12.8 Å². The van der Waals surface area contributed by atoms with Gasteiger partial charge in [-0.2, -0.15) is 0 Å². The lowest BCUT2D eigenvalue weighted by Crippen LogP contribution is -2.28. The highest BCUT2D eigenvalue weighted by Gasteiger charge is 2.20. The van der Waals surface area contributed by atoms with Crippen molar-refractivity contribution >= 4 is 10.0 Å². The van der Waals surface area contributed by atoms with Crippen LogP contribution in [0, 0.1) is 6.92 Å². The minimum atomic E-state index is -3.24. The molecule has 0 spiro atoms. The summed E-state index contributed by atoms with van der Waals surface area (Å²) in [6, 6.07) is 0.621. The fourth-order valence-electron chi connectivity index (χ4n) is 1.58. The van der Waals surface area contributed by atoms with E-state index in [2.05, 4.69) is 15.0 Å². The molecular weight excluding hydrogens is 254 g/mol. The molecule has 0 amide bonds. The summed E-state index contributed by atoms with van der Waals surface area (Å²) in [6.07, 6.45) is 4.63. The van der Waals surface area contributed by atoms with Crippen LogP contribution in [0.4, 0.5) is 0 Å². The molecule has 1 aromatic rings. The van der Waals surface area contributed by atoms with Gasteiger partial charge in [-0.05, 0) is 32.7 Å². The van der Waals surface area contributed by atoms with Crippen LogP contribution in [0.1, 0.15) is 30.9 Å². The Morgan fingerprint density at radius 2 is 2.28 bits per heavy atom. The van der Waals surface area contributed by atoms with Crippen molar-refractivity contribution in [3.05, 3.63) is 17.8 Å². The van der Waals surface area contributed by atoms with Gasteiger partial charge in [0, 0.05) is 6.04 Å². The first-order valence-electron chi connectivity index (χ1n) is 6.17. The Balaban J connectivity index is 1.66. The highest BCUT2D eigenvalue weighted by molar-refractivity contribution is 7.89. The average Bonchev–Trinajstić information content (AvgIpc) is 3.04. The largest absolute Gasteiger partial charge is 0.445 e. The molecule has 1 aromatic heterocycles. The van der Waals surface area contributed by atoms with Gasteiger partial charge in [0.1, 0.15) is 5.76 Å². The zero-order valence-corrected chi connectivity index (χ0v) is 11.3. The highest BCUT2D eigenvalue weighted by atomic mass is 32.2. The third-order valence-electron chi connectivity index (χ3n) is 2.71. The van der Waals surface area contributed by atoms with E-state index in [9.17, 15) is 8.42 Å². The Labute approximate surface area is 107 Å². The zero-order valence-electron chi connectivity index (χ0n) is 10.5. The van der Waals surface area contributed by atoms with Gasteiger partial charge in [0.15, 0.2) is 0 Å². The molecule has 0 bridgehead atoms. The summed E-state index contributed by atoms with van der Waals surface area (Å²) in [5.41, 5.74) is 0. The lowest BCUT2D eigenvalue weighted by atomic mass is 10.5. The Morgan fingerprint density at radius 3 is 2.89 bits per heavy atom. The van der Waals surface area contributed by atoms with E-state index in [4.69, 9.17) is 4.42 Å². The maximum absolute atomic E-state index is 11.7. The lowest BCUT2D eigenvalue weighted by Gasteiger charge is -2.05. The first-order chi connectivity index (χ1) is 8.55. The van der Waals surface area contributed by atoms with Crippen molar-refractivity contribution in [1.29, 1.82) is 0 Å². The molecule has 0 aromatic carbocycles. The molecule has 2 N–H and O–H groups in total. The summed E-state index contributed by atoms with van der Waals surface area (Å²) < 4.78 is 31.0. The van der Waals surface area contributed by atoms with Crippen LogP contribution in [0.15, 0.2) is 10.6 Å². The van der Waals surface area contributed by atoms with Gasteiger partial charge >= 0.3 is 0 Å². The molecule has 102 valence electrons. The molecule has 0 aliphatic heterocycles. The van der Waals surface area contributed by atoms with Crippen molar-refractivity contribution in [2.45, 2.75) is 38.8 Å². The molecule has 0 atom stereocenters. The van der Waals surface area contributed by atoms with Gasteiger partial charge in [-0.15, -0.1) is 0 Å². The number of hydrogen-bond donors (Lipinski definition) is 2. The van der Waals surface area contributed by atoms with Crippen molar-refractivity contribution in [1.82, 2.24) is 15.0 Å². The second-order valence-electron chi connectivity index (χ2n) is 4.59. The van der Waals surface area contributed by atoms with E-state index in [1.54, 1.807) is 13.1 Å². The number of aryl methyl sites for hydroxylation is 1. The van der Waals surface area contributed by atoms with E-state index in [0.717, 1.165) is 6.54 Å². The summed E-state index contributed by atoms with van der Waals surface area (Å²) in [4.78, 5) is 3.94. The van der Waals surface area contributed by atoms with Crippen LogP contribution in [0.3, 0.4) is 0 Å².